The second kappa shape index (κ2) is 14.5. The summed E-state index contributed by atoms with van der Waals surface area (Å²) in [7, 11) is 0. The molecule has 0 aliphatic carbocycles. The zero-order valence-electron chi connectivity index (χ0n) is 18.2. The first-order valence-corrected chi connectivity index (χ1v) is 10.2. The van der Waals surface area contributed by atoms with Gasteiger partial charge in [-0.3, -0.25) is 19.2 Å². The summed E-state index contributed by atoms with van der Waals surface area (Å²) >= 11 is 0. The molecule has 4 atom stereocenters. The van der Waals surface area contributed by atoms with Crippen LogP contribution in [-0.2, 0) is 28.7 Å². The second-order valence-corrected chi connectivity index (χ2v) is 7.38. The summed E-state index contributed by atoms with van der Waals surface area (Å²) in [4.78, 5) is 58.4. The van der Waals surface area contributed by atoms with E-state index in [1.54, 1.807) is 13.8 Å². The highest BCUT2D eigenvalue weighted by Crippen LogP contribution is 2.21. The largest absolute Gasteiger partial charge is 0.480 e. The number of nitrogens with two attached hydrogens (primary N) is 1. The number of rotatable bonds is 15. The van der Waals surface area contributed by atoms with Gasteiger partial charge in [0, 0.05) is 18.8 Å². The quantitative estimate of drug-likeness (QED) is 0.271. The second-order valence-electron chi connectivity index (χ2n) is 7.38. The van der Waals surface area contributed by atoms with Crippen molar-refractivity contribution >= 4 is 29.5 Å². The summed E-state index contributed by atoms with van der Waals surface area (Å²) < 4.78 is 4.79. The molecule has 0 aromatic heterocycles. The van der Waals surface area contributed by atoms with E-state index in [4.69, 9.17) is 15.6 Å². The molecular weight excluding hydrogens is 394 g/mol. The zero-order chi connectivity index (χ0) is 23.3. The molecule has 0 rings (SSSR count). The van der Waals surface area contributed by atoms with Crippen LogP contribution in [0.3, 0.4) is 0 Å². The molecular formula is C20H35N3O7. The molecule has 0 heterocycles. The minimum absolute atomic E-state index is 0.0568. The molecule has 0 aromatic carbocycles. The van der Waals surface area contributed by atoms with Crippen molar-refractivity contribution in [1.82, 2.24) is 10.6 Å². The molecule has 1 unspecified atom stereocenters. The van der Waals surface area contributed by atoms with Crippen LogP contribution in [-0.4, -0.2) is 59.9 Å². The number of hydrogen-bond donors (Lipinski definition) is 4. The Labute approximate surface area is 177 Å². The van der Waals surface area contributed by atoms with Gasteiger partial charge in [0.2, 0.25) is 11.8 Å². The number of aliphatic carboxylic acids is 1. The fourth-order valence-corrected chi connectivity index (χ4v) is 2.83. The van der Waals surface area contributed by atoms with Crippen LogP contribution >= 0.6 is 0 Å². The summed E-state index contributed by atoms with van der Waals surface area (Å²) in [6.45, 7) is 6.76. The van der Waals surface area contributed by atoms with Gasteiger partial charge in [0.25, 0.3) is 0 Å². The highest BCUT2D eigenvalue weighted by atomic mass is 16.5. The third-order valence-electron chi connectivity index (χ3n) is 4.77. The highest BCUT2D eigenvalue weighted by molar-refractivity contribution is 5.88. The normalized spacial score (nSPS) is 14.7. The van der Waals surface area contributed by atoms with Crippen LogP contribution in [0.2, 0.25) is 0 Å². The van der Waals surface area contributed by atoms with E-state index in [9.17, 15) is 24.0 Å². The number of carboxylic acids is 1. The molecule has 172 valence electrons. The van der Waals surface area contributed by atoms with Gasteiger partial charge >= 0.3 is 11.9 Å². The molecule has 10 heteroatoms. The van der Waals surface area contributed by atoms with Crippen LogP contribution in [0, 0.1) is 11.8 Å². The lowest BCUT2D eigenvalue weighted by molar-refractivity contribution is -0.146. The lowest BCUT2D eigenvalue weighted by Gasteiger charge is -2.19. The summed E-state index contributed by atoms with van der Waals surface area (Å²) in [5.41, 5.74) is 5.41. The fourth-order valence-electron chi connectivity index (χ4n) is 2.83. The van der Waals surface area contributed by atoms with E-state index in [2.05, 4.69) is 10.6 Å². The van der Waals surface area contributed by atoms with Crippen LogP contribution in [0.15, 0.2) is 0 Å². The molecule has 0 aliphatic rings. The van der Waals surface area contributed by atoms with Crippen molar-refractivity contribution in [2.75, 3.05) is 13.2 Å². The smallest absolute Gasteiger partial charge is 0.328 e. The van der Waals surface area contributed by atoms with Gasteiger partial charge in [-0.2, -0.15) is 0 Å². The lowest BCUT2D eigenvalue weighted by Crippen LogP contribution is -2.44. The molecule has 0 saturated carbocycles. The predicted molar refractivity (Wildman–Crippen MR) is 109 cm³/mol. The molecule has 30 heavy (non-hydrogen) atoms. The number of carbonyl (C=O) groups is 5. The molecule has 5 N–H and O–H groups in total. The number of nitrogens with one attached hydrogen (secondary N) is 2. The summed E-state index contributed by atoms with van der Waals surface area (Å²) in [6.07, 6.45) is 1.47. The number of ether oxygens (including phenoxy) is 1. The molecule has 0 radical (unpaired) electrons. The first-order chi connectivity index (χ1) is 14.0. The Morgan fingerprint density at radius 1 is 1.07 bits per heavy atom. The zero-order valence-corrected chi connectivity index (χ0v) is 18.2. The van der Waals surface area contributed by atoms with E-state index >= 15 is 0 Å². The van der Waals surface area contributed by atoms with Crippen molar-refractivity contribution in [3.05, 3.63) is 0 Å². The molecule has 0 spiro atoms. The van der Waals surface area contributed by atoms with Crippen LogP contribution in [0.25, 0.3) is 0 Å². The maximum Gasteiger partial charge on any atom is 0.328 e. The SMILES string of the molecule is CCOC(=O)[C@@H](C)NC(=O)CNC(=O)C[C@H](CC)CC(C)C(=O)CC[C@H](N)C(=O)O. The van der Waals surface area contributed by atoms with Crippen molar-refractivity contribution in [3.63, 3.8) is 0 Å². The predicted octanol–water partition coefficient (Wildman–Crippen LogP) is 0.374. The Morgan fingerprint density at radius 3 is 2.23 bits per heavy atom. The molecule has 2 amide bonds. The van der Waals surface area contributed by atoms with Crippen LogP contribution < -0.4 is 16.4 Å². The Kier molecular flexibility index (Phi) is 13.3. The third kappa shape index (κ3) is 11.5. The van der Waals surface area contributed by atoms with Crippen molar-refractivity contribution in [3.8, 4) is 0 Å². The highest BCUT2D eigenvalue weighted by Gasteiger charge is 2.22. The van der Waals surface area contributed by atoms with Crippen molar-refractivity contribution < 1.29 is 33.8 Å². The van der Waals surface area contributed by atoms with E-state index in [1.807, 2.05) is 6.92 Å². The number of hydrogen-bond acceptors (Lipinski definition) is 7. The number of amides is 2. The average Bonchev–Trinajstić information content (AvgIpc) is 2.69. The molecule has 0 aliphatic heterocycles. The van der Waals surface area contributed by atoms with E-state index in [0.717, 1.165) is 0 Å². The van der Waals surface area contributed by atoms with Gasteiger partial charge in [0.05, 0.1) is 13.2 Å². The number of carboxylic acid groups (broad SMARTS) is 1. The van der Waals surface area contributed by atoms with Crippen molar-refractivity contribution in [2.24, 2.45) is 17.6 Å². The van der Waals surface area contributed by atoms with Gasteiger partial charge in [0.1, 0.15) is 17.9 Å². The monoisotopic (exact) mass is 429 g/mol. The van der Waals surface area contributed by atoms with Crippen LogP contribution in [0.4, 0.5) is 0 Å². The summed E-state index contributed by atoms with van der Waals surface area (Å²) in [5.74, 6) is -2.98. The molecule has 0 aromatic rings. The Balaban J connectivity index is 4.37. The van der Waals surface area contributed by atoms with Gasteiger partial charge in [-0.25, -0.2) is 4.79 Å². The van der Waals surface area contributed by atoms with Crippen molar-refractivity contribution in [2.45, 2.75) is 71.9 Å². The number of esters is 1. The van der Waals surface area contributed by atoms with E-state index in [1.165, 1.54) is 6.92 Å². The van der Waals surface area contributed by atoms with Gasteiger partial charge in [0.15, 0.2) is 0 Å². The van der Waals surface area contributed by atoms with E-state index < -0.39 is 29.9 Å². The van der Waals surface area contributed by atoms with Crippen LogP contribution in [0.1, 0.15) is 59.8 Å². The molecule has 0 saturated heterocycles. The maximum absolute atomic E-state index is 12.2. The lowest BCUT2D eigenvalue weighted by atomic mass is 9.87. The van der Waals surface area contributed by atoms with E-state index in [-0.39, 0.29) is 55.9 Å². The van der Waals surface area contributed by atoms with E-state index in [0.29, 0.717) is 12.8 Å². The first-order valence-electron chi connectivity index (χ1n) is 10.2. The maximum atomic E-state index is 12.2. The minimum atomic E-state index is -1.14. The van der Waals surface area contributed by atoms with Gasteiger partial charge in [-0.05, 0) is 32.6 Å². The summed E-state index contributed by atoms with van der Waals surface area (Å²) in [5, 5.41) is 13.7. The first kappa shape index (κ1) is 27.5. The average molecular weight is 430 g/mol. The minimum Gasteiger partial charge on any atom is -0.480 e. The topological polar surface area (TPSA) is 165 Å². The van der Waals surface area contributed by atoms with Crippen LogP contribution in [0.5, 0.6) is 0 Å². The fraction of sp³-hybridized carbons (Fsp3) is 0.750. The van der Waals surface area contributed by atoms with Gasteiger partial charge < -0.3 is 26.2 Å². The number of carbonyl (C=O) groups excluding carboxylic acids is 4. The number of ketones is 1. The molecule has 0 fully saturated rings. The van der Waals surface area contributed by atoms with Crippen molar-refractivity contribution in [1.29, 1.82) is 0 Å². The molecule has 0 bridgehead atoms. The molecule has 10 nitrogen and oxygen atoms in total. The number of Topliss-reactive ketones (excluding diaryl/α,β-unsaturated/α-hetero) is 1. The Bertz CT molecular complexity index is 609. The Hall–Kier alpha value is -2.49. The van der Waals surface area contributed by atoms with Gasteiger partial charge in [-0.1, -0.05) is 20.3 Å². The summed E-state index contributed by atoms with van der Waals surface area (Å²) in [6, 6.07) is -1.87. The van der Waals surface area contributed by atoms with Gasteiger partial charge in [-0.15, -0.1) is 0 Å². The Morgan fingerprint density at radius 2 is 1.70 bits per heavy atom. The standard InChI is InChI=1S/C20H35N3O7/c1-5-14(9-12(3)16(24)8-7-15(21)19(27)28)10-17(25)22-11-18(26)23-13(4)20(29)30-6-2/h12-15H,5-11,21H2,1-4H3,(H,22,25)(H,23,26)(H,27,28)/t12?,13-,14-,15+/m1/s1. The third-order valence-corrected chi connectivity index (χ3v) is 4.77.